The van der Waals surface area contributed by atoms with Crippen molar-refractivity contribution >= 4 is 29.2 Å². The van der Waals surface area contributed by atoms with Crippen LogP contribution >= 0.6 is 11.6 Å². The molecule has 0 aliphatic rings. The summed E-state index contributed by atoms with van der Waals surface area (Å²) in [6.07, 6.45) is 0.795. The first-order chi connectivity index (χ1) is 9.04. The molecule has 0 atom stereocenters. The van der Waals surface area contributed by atoms with Gasteiger partial charge in [0.2, 0.25) is 0 Å². The summed E-state index contributed by atoms with van der Waals surface area (Å²) >= 11 is 5.84. The zero-order valence-electron chi connectivity index (χ0n) is 10.6. The number of aliphatic carboxylic acids is 1. The minimum absolute atomic E-state index is 0.145. The zero-order chi connectivity index (χ0) is 14.3. The maximum absolute atomic E-state index is 12.0. The first-order valence-corrected chi connectivity index (χ1v) is 6.28. The molecule has 0 spiro atoms. The van der Waals surface area contributed by atoms with Crippen molar-refractivity contribution in [3.8, 4) is 0 Å². The summed E-state index contributed by atoms with van der Waals surface area (Å²) in [7, 11) is 0. The molecule has 1 N–H and O–H groups in total. The highest BCUT2D eigenvalue weighted by molar-refractivity contribution is 6.30. The van der Waals surface area contributed by atoms with E-state index in [1.165, 1.54) is 0 Å². The Morgan fingerprint density at radius 3 is 2.74 bits per heavy atom. The van der Waals surface area contributed by atoms with E-state index in [1.807, 2.05) is 6.92 Å². The summed E-state index contributed by atoms with van der Waals surface area (Å²) < 4.78 is 5.14. The fourth-order valence-corrected chi connectivity index (χ4v) is 1.67. The SMILES string of the molecule is CCCOCC(=O)N(CC(=O)O)c1cccc(Cl)c1. The van der Waals surface area contributed by atoms with E-state index in [2.05, 4.69) is 0 Å². The van der Waals surface area contributed by atoms with Crippen molar-refractivity contribution in [2.24, 2.45) is 0 Å². The lowest BCUT2D eigenvalue weighted by molar-refractivity contribution is -0.137. The van der Waals surface area contributed by atoms with Crippen LogP contribution in [0.1, 0.15) is 13.3 Å². The Labute approximate surface area is 116 Å². The zero-order valence-corrected chi connectivity index (χ0v) is 11.4. The molecule has 19 heavy (non-hydrogen) atoms. The fraction of sp³-hybridized carbons (Fsp3) is 0.385. The van der Waals surface area contributed by atoms with Gasteiger partial charge < -0.3 is 9.84 Å². The molecular weight excluding hydrogens is 270 g/mol. The maximum Gasteiger partial charge on any atom is 0.323 e. The first kappa shape index (κ1) is 15.5. The molecule has 0 unspecified atom stereocenters. The van der Waals surface area contributed by atoms with E-state index >= 15 is 0 Å². The van der Waals surface area contributed by atoms with Gasteiger partial charge in [0.1, 0.15) is 13.2 Å². The predicted octanol–water partition coefficient (Wildman–Crippen LogP) is 2.18. The minimum Gasteiger partial charge on any atom is -0.480 e. The van der Waals surface area contributed by atoms with Gasteiger partial charge in [-0.15, -0.1) is 0 Å². The third-order valence-electron chi connectivity index (χ3n) is 2.29. The number of ether oxygens (including phenoxy) is 1. The molecule has 104 valence electrons. The molecule has 1 amide bonds. The Hall–Kier alpha value is -1.59. The van der Waals surface area contributed by atoms with Gasteiger partial charge in [-0.3, -0.25) is 14.5 Å². The van der Waals surface area contributed by atoms with Gasteiger partial charge in [0.25, 0.3) is 5.91 Å². The highest BCUT2D eigenvalue weighted by Crippen LogP contribution is 2.19. The number of benzene rings is 1. The largest absolute Gasteiger partial charge is 0.480 e. The summed E-state index contributed by atoms with van der Waals surface area (Å²) in [4.78, 5) is 23.9. The van der Waals surface area contributed by atoms with Crippen LogP contribution in [0, 0.1) is 0 Å². The van der Waals surface area contributed by atoms with Gasteiger partial charge in [0, 0.05) is 17.3 Å². The number of halogens is 1. The number of carbonyl (C=O) groups excluding carboxylic acids is 1. The van der Waals surface area contributed by atoms with Gasteiger partial charge in [-0.05, 0) is 24.6 Å². The van der Waals surface area contributed by atoms with E-state index < -0.39 is 18.4 Å². The summed E-state index contributed by atoms with van der Waals surface area (Å²) in [5.41, 5.74) is 0.444. The fourth-order valence-electron chi connectivity index (χ4n) is 1.48. The summed E-state index contributed by atoms with van der Waals surface area (Å²) in [5.74, 6) is -1.50. The highest BCUT2D eigenvalue weighted by atomic mass is 35.5. The molecule has 5 nitrogen and oxygen atoms in total. The van der Waals surface area contributed by atoms with Crippen molar-refractivity contribution in [1.82, 2.24) is 0 Å². The number of nitrogens with zero attached hydrogens (tertiary/aromatic N) is 1. The van der Waals surface area contributed by atoms with E-state index in [9.17, 15) is 9.59 Å². The lowest BCUT2D eigenvalue weighted by Gasteiger charge is -2.21. The molecule has 1 rings (SSSR count). The molecule has 1 aromatic carbocycles. The van der Waals surface area contributed by atoms with Crippen molar-refractivity contribution in [2.45, 2.75) is 13.3 Å². The number of hydrogen-bond acceptors (Lipinski definition) is 3. The van der Waals surface area contributed by atoms with Crippen molar-refractivity contribution in [3.05, 3.63) is 29.3 Å². The van der Waals surface area contributed by atoms with Gasteiger partial charge in [0.05, 0.1) is 0 Å². The van der Waals surface area contributed by atoms with Gasteiger partial charge in [-0.25, -0.2) is 0 Å². The molecular formula is C13H16ClNO4. The third kappa shape index (κ3) is 5.28. The summed E-state index contributed by atoms with van der Waals surface area (Å²) in [5, 5.41) is 9.31. The van der Waals surface area contributed by atoms with Crippen LogP contribution in [0.3, 0.4) is 0 Å². The first-order valence-electron chi connectivity index (χ1n) is 5.90. The normalized spacial score (nSPS) is 10.2. The molecule has 0 radical (unpaired) electrons. The second kappa shape index (κ2) is 7.76. The van der Waals surface area contributed by atoms with Crippen LogP contribution in [0.2, 0.25) is 5.02 Å². The number of rotatable bonds is 7. The second-order valence-corrected chi connectivity index (χ2v) is 4.34. The molecule has 0 saturated heterocycles. The minimum atomic E-state index is -1.09. The van der Waals surface area contributed by atoms with Gasteiger partial charge in [-0.2, -0.15) is 0 Å². The van der Waals surface area contributed by atoms with E-state index in [-0.39, 0.29) is 6.61 Å². The van der Waals surface area contributed by atoms with E-state index in [1.54, 1.807) is 24.3 Å². The van der Waals surface area contributed by atoms with E-state index in [4.69, 9.17) is 21.4 Å². The molecule has 0 aromatic heterocycles. The lowest BCUT2D eigenvalue weighted by Crippen LogP contribution is -2.38. The second-order valence-electron chi connectivity index (χ2n) is 3.91. The Balaban J connectivity index is 2.82. The Bertz CT molecular complexity index is 450. The number of carboxylic acids is 1. The highest BCUT2D eigenvalue weighted by Gasteiger charge is 2.19. The van der Waals surface area contributed by atoms with Crippen LogP contribution in [0.4, 0.5) is 5.69 Å². The molecule has 0 aliphatic carbocycles. The van der Waals surface area contributed by atoms with Crippen molar-refractivity contribution in [1.29, 1.82) is 0 Å². The van der Waals surface area contributed by atoms with Crippen LogP contribution in [0.5, 0.6) is 0 Å². The molecule has 0 aliphatic heterocycles. The summed E-state index contributed by atoms with van der Waals surface area (Å²) in [6.45, 7) is 1.82. The maximum atomic E-state index is 12.0. The van der Waals surface area contributed by atoms with Crippen LogP contribution in [0.15, 0.2) is 24.3 Å². The monoisotopic (exact) mass is 285 g/mol. The van der Waals surface area contributed by atoms with Crippen LogP contribution in [0.25, 0.3) is 0 Å². The molecule has 0 saturated carbocycles. The topological polar surface area (TPSA) is 66.8 Å². The van der Waals surface area contributed by atoms with Crippen LogP contribution in [-0.4, -0.2) is 36.7 Å². The summed E-state index contributed by atoms with van der Waals surface area (Å²) in [6, 6.07) is 6.49. The van der Waals surface area contributed by atoms with Crippen molar-refractivity contribution in [3.63, 3.8) is 0 Å². The number of hydrogen-bond donors (Lipinski definition) is 1. The Kier molecular flexibility index (Phi) is 6.32. The van der Waals surface area contributed by atoms with Gasteiger partial charge >= 0.3 is 5.97 Å². The standard InChI is InChI=1S/C13H16ClNO4/c1-2-6-19-9-12(16)15(8-13(17)18)11-5-3-4-10(14)7-11/h3-5,7H,2,6,8-9H2,1H3,(H,17,18). The molecule has 0 bridgehead atoms. The van der Waals surface area contributed by atoms with Gasteiger partial charge in [0.15, 0.2) is 0 Å². The van der Waals surface area contributed by atoms with E-state index in [0.29, 0.717) is 17.3 Å². The van der Waals surface area contributed by atoms with Crippen LogP contribution < -0.4 is 4.90 Å². The smallest absolute Gasteiger partial charge is 0.323 e. The Morgan fingerprint density at radius 1 is 1.42 bits per heavy atom. The van der Waals surface area contributed by atoms with Crippen LogP contribution in [-0.2, 0) is 14.3 Å². The predicted molar refractivity (Wildman–Crippen MR) is 72.6 cm³/mol. The Morgan fingerprint density at radius 2 is 2.16 bits per heavy atom. The van der Waals surface area contributed by atoms with E-state index in [0.717, 1.165) is 11.3 Å². The number of amides is 1. The number of carboxylic acid groups (broad SMARTS) is 1. The quantitative estimate of drug-likeness (QED) is 0.780. The average molecular weight is 286 g/mol. The van der Waals surface area contributed by atoms with Crippen molar-refractivity contribution < 1.29 is 19.4 Å². The molecule has 1 aromatic rings. The molecule has 0 heterocycles. The molecule has 6 heteroatoms. The van der Waals surface area contributed by atoms with Gasteiger partial charge in [-0.1, -0.05) is 24.6 Å². The number of carbonyl (C=O) groups is 2. The average Bonchev–Trinajstić information content (AvgIpc) is 2.36. The number of anilines is 1. The lowest BCUT2D eigenvalue weighted by atomic mass is 10.3. The van der Waals surface area contributed by atoms with Crippen molar-refractivity contribution in [2.75, 3.05) is 24.7 Å². The third-order valence-corrected chi connectivity index (χ3v) is 2.52. The molecule has 0 fully saturated rings.